The highest BCUT2D eigenvalue weighted by Crippen LogP contribution is 2.22. The number of hydrogen-bond acceptors (Lipinski definition) is 11. The number of carbonyl (C=O) groups excluding carboxylic acids is 1. The molecular weight excluding hydrogens is 450 g/mol. The molecule has 0 aliphatic carbocycles. The number of ether oxygens (including phenoxy) is 2. The van der Waals surface area contributed by atoms with Gasteiger partial charge in [0.2, 0.25) is 17.8 Å². The van der Waals surface area contributed by atoms with E-state index in [-0.39, 0.29) is 5.78 Å². The molecule has 3 aromatic rings. The van der Waals surface area contributed by atoms with Crippen LogP contribution in [0.15, 0.2) is 45.9 Å². The van der Waals surface area contributed by atoms with Gasteiger partial charge in [-0.15, -0.1) is 0 Å². The number of nitrogens with zero attached hydrogens (tertiary/aromatic N) is 6. The van der Waals surface area contributed by atoms with Gasteiger partial charge < -0.3 is 23.7 Å². The van der Waals surface area contributed by atoms with Crippen LogP contribution in [0.1, 0.15) is 23.0 Å². The molecule has 1 aromatic carbocycles. The number of carbonyl (C=O) groups is 1. The van der Waals surface area contributed by atoms with Crippen molar-refractivity contribution >= 4 is 29.8 Å². The minimum absolute atomic E-state index is 0.0294. The van der Waals surface area contributed by atoms with Gasteiger partial charge in [0.05, 0.1) is 32.6 Å². The second-order valence-electron chi connectivity index (χ2n) is 8.16. The van der Waals surface area contributed by atoms with Crippen LogP contribution in [-0.2, 0) is 9.47 Å². The Morgan fingerprint density at radius 2 is 1.49 bits per heavy atom. The fourth-order valence-corrected chi connectivity index (χ4v) is 3.81. The van der Waals surface area contributed by atoms with Crippen LogP contribution in [0.2, 0.25) is 0 Å². The number of rotatable bonds is 7. The zero-order valence-electron chi connectivity index (χ0n) is 19.5. The van der Waals surface area contributed by atoms with Crippen molar-refractivity contribution in [1.82, 2.24) is 15.0 Å². The number of ketones is 1. The normalized spacial score (nSPS) is 16.6. The number of Topliss-reactive ketones (excluding diaryl/α,β-unsaturated/α-hetero) is 1. The number of furan rings is 1. The molecule has 4 heterocycles. The lowest BCUT2D eigenvalue weighted by Crippen LogP contribution is -2.40. The molecule has 35 heavy (non-hydrogen) atoms. The van der Waals surface area contributed by atoms with Crippen molar-refractivity contribution < 1.29 is 18.7 Å². The molecule has 2 fully saturated rings. The van der Waals surface area contributed by atoms with E-state index in [1.807, 2.05) is 24.3 Å². The topological polar surface area (TPSA) is 118 Å². The average molecular weight is 478 g/mol. The van der Waals surface area contributed by atoms with Crippen molar-refractivity contribution in [2.24, 2.45) is 5.10 Å². The van der Waals surface area contributed by atoms with Gasteiger partial charge in [-0.1, -0.05) is 24.3 Å². The van der Waals surface area contributed by atoms with Crippen molar-refractivity contribution in [2.45, 2.75) is 6.92 Å². The third-order valence-corrected chi connectivity index (χ3v) is 5.76. The maximum absolute atomic E-state index is 11.5. The number of morpholine rings is 2. The molecule has 0 amide bonds. The highest BCUT2D eigenvalue weighted by molar-refractivity contribution is 5.94. The summed E-state index contributed by atoms with van der Waals surface area (Å²) in [6.45, 7) is 6.97. The minimum Gasteiger partial charge on any atom is -0.455 e. The van der Waals surface area contributed by atoms with E-state index < -0.39 is 0 Å². The van der Waals surface area contributed by atoms with Crippen molar-refractivity contribution in [3.63, 3.8) is 0 Å². The SMILES string of the molecule is CC(=O)c1ccc(-c2ccc(/C=N\Nc3nc(N4CCOCC4)nc(N4CCOCC4)n3)o2)cc1. The molecule has 0 unspecified atom stereocenters. The standard InChI is InChI=1S/C24H27N7O4/c1-17(32)18-2-4-19(5-3-18)21-7-6-20(35-21)16-25-29-22-26-23(30-8-12-33-13-9-30)28-24(27-22)31-10-14-34-15-11-31/h2-7,16H,8-15H2,1H3,(H,26,27,28,29)/b25-16-. The van der Waals surface area contributed by atoms with Gasteiger partial charge in [0.25, 0.3) is 0 Å². The molecular formula is C24H27N7O4. The maximum atomic E-state index is 11.5. The third kappa shape index (κ3) is 5.64. The molecule has 2 saturated heterocycles. The monoisotopic (exact) mass is 477 g/mol. The number of anilines is 3. The minimum atomic E-state index is 0.0294. The number of hydrogen-bond donors (Lipinski definition) is 1. The Balaban J connectivity index is 1.31. The van der Waals surface area contributed by atoms with Gasteiger partial charge in [0.15, 0.2) is 5.78 Å². The summed E-state index contributed by atoms with van der Waals surface area (Å²) in [4.78, 5) is 29.5. The fourth-order valence-electron chi connectivity index (χ4n) is 3.81. The quantitative estimate of drug-likeness (QED) is 0.309. The first-order valence-corrected chi connectivity index (χ1v) is 11.6. The van der Waals surface area contributed by atoms with Crippen molar-refractivity contribution in [1.29, 1.82) is 0 Å². The first-order chi connectivity index (χ1) is 17.2. The number of hydrazone groups is 1. The summed E-state index contributed by atoms with van der Waals surface area (Å²) in [5, 5.41) is 4.28. The Hall–Kier alpha value is -3.83. The van der Waals surface area contributed by atoms with Crippen LogP contribution in [0.4, 0.5) is 17.8 Å². The summed E-state index contributed by atoms with van der Waals surface area (Å²) in [7, 11) is 0. The largest absolute Gasteiger partial charge is 0.455 e. The van der Waals surface area contributed by atoms with Gasteiger partial charge in [-0.2, -0.15) is 20.1 Å². The van der Waals surface area contributed by atoms with E-state index in [4.69, 9.17) is 13.9 Å². The van der Waals surface area contributed by atoms with Crippen molar-refractivity contribution in [2.75, 3.05) is 67.8 Å². The van der Waals surface area contributed by atoms with Gasteiger partial charge in [0, 0.05) is 37.3 Å². The molecule has 0 bridgehead atoms. The molecule has 5 rings (SSSR count). The van der Waals surface area contributed by atoms with E-state index in [0.717, 1.165) is 31.7 Å². The van der Waals surface area contributed by atoms with E-state index >= 15 is 0 Å². The van der Waals surface area contributed by atoms with Crippen LogP contribution in [0.5, 0.6) is 0 Å². The Morgan fingerprint density at radius 3 is 2.06 bits per heavy atom. The van der Waals surface area contributed by atoms with Crippen LogP contribution < -0.4 is 15.2 Å². The molecule has 11 heteroatoms. The molecule has 0 saturated carbocycles. The lowest BCUT2D eigenvalue weighted by molar-refractivity contribution is 0.101. The van der Waals surface area contributed by atoms with Crippen molar-refractivity contribution in [3.05, 3.63) is 47.7 Å². The van der Waals surface area contributed by atoms with Gasteiger partial charge >= 0.3 is 0 Å². The van der Waals surface area contributed by atoms with Crippen LogP contribution in [0, 0.1) is 0 Å². The first-order valence-electron chi connectivity index (χ1n) is 11.6. The summed E-state index contributed by atoms with van der Waals surface area (Å²) in [6.07, 6.45) is 1.57. The zero-order valence-corrected chi connectivity index (χ0v) is 19.5. The maximum Gasteiger partial charge on any atom is 0.250 e. The second kappa shape index (κ2) is 10.6. The summed E-state index contributed by atoms with van der Waals surface area (Å²) < 4.78 is 16.8. The Kier molecular flexibility index (Phi) is 6.96. The third-order valence-electron chi connectivity index (χ3n) is 5.76. The summed E-state index contributed by atoms with van der Waals surface area (Å²) in [5.41, 5.74) is 4.46. The predicted molar refractivity (Wildman–Crippen MR) is 131 cm³/mol. The molecule has 1 N–H and O–H groups in total. The molecule has 0 radical (unpaired) electrons. The molecule has 11 nitrogen and oxygen atoms in total. The summed E-state index contributed by atoms with van der Waals surface area (Å²) in [6, 6.07) is 11.0. The van der Waals surface area contributed by atoms with Crippen LogP contribution in [0.3, 0.4) is 0 Å². The predicted octanol–water partition coefficient (Wildman–Crippen LogP) is 2.45. The van der Waals surface area contributed by atoms with E-state index in [1.54, 1.807) is 25.3 Å². The van der Waals surface area contributed by atoms with E-state index in [2.05, 4.69) is 35.3 Å². The Labute approximate surface area is 202 Å². The molecule has 182 valence electrons. The van der Waals surface area contributed by atoms with Gasteiger partial charge in [-0.05, 0) is 19.1 Å². The molecule has 2 aliphatic heterocycles. The average Bonchev–Trinajstić information content (AvgIpc) is 3.38. The Bertz CT molecular complexity index is 1150. The smallest absolute Gasteiger partial charge is 0.250 e. The zero-order chi connectivity index (χ0) is 24.0. The summed E-state index contributed by atoms with van der Waals surface area (Å²) in [5.74, 6) is 2.83. The fraction of sp³-hybridized carbons (Fsp3) is 0.375. The van der Waals surface area contributed by atoms with Gasteiger partial charge in [-0.3, -0.25) is 4.79 Å². The highest BCUT2D eigenvalue weighted by Gasteiger charge is 2.20. The van der Waals surface area contributed by atoms with Gasteiger partial charge in [0.1, 0.15) is 11.5 Å². The summed E-state index contributed by atoms with van der Waals surface area (Å²) >= 11 is 0. The van der Waals surface area contributed by atoms with E-state index in [9.17, 15) is 4.79 Å². The number of aromatic nitrogens is 3. The van der Waals surface area contributed by atoms with E-state index in [1.165, 1.54) is 0 Å². The van der Waals surface area contributed by atoms with Gasteiger partial charge in [-0.25, -0.2) is 5.43 Å². The molecule has 0 spiro atoms. The Morgan fingerprint density at radius 1 is 0.886 bits per heavy atom. The van der Waals surface area contributed by atoms with Crippen LogP contribution in [-0.4, -0.2) is 79.6 Å². The second-order valence-corrected chi connectivity index (χ2v) is 8.16. The lowest BCUT2D eigenvalue weighted by Gasteiger charge is -2.30. The molecule has 2 aliphatic rings. The lowest BCUT2D eigenvalue weighted by atomic mass is 10.1. The van der Waals surface area contributed by atoms with Crippen LogP contribution in [0.25, 0.3) is 11.3 Å². The first kappa shape index (κ1) is 22.9. The van der Waals surface area contributed by atoms with Crippen LogP contribution >= 0.6 is 0 Å². The number of benzene rings is 1. The van der Waals surface area contributed by atoms with E-state index in [0.29, 0.717) is 61.4 Å². The highest BCUT2D eigenvalue weighted by atomic mass is 16.5. The molecule has 2 aromatic heterocycles. The van der Waals surface area contributed by atoms with Crippen molar-refractivity contribution in [3.8, 4) is 11.3 Å². The molecule has 0 atom stereocenters. The number of nitrogens with one attached hydrogen (secondary N) is 1.